The molecule has 6 heteroatoms. The number of hydroxylamine groups is 1. The number of hydrogen-bond donors (Lipinski definition) is 1. The molecule has 5 nitrogen and oxygen atoms in total. The van der Waals surface area contributed by atoms with Crippen molar-refractivity contribution < 1.29 is 19.1 Å². The minimum absolute atomic E-state index is 0.295. The van der Waals surface area contributed by atoms with Gasteiger partial charge in [-0.25, -0.2) is 5.48 Å². The van der Waals surface area contributed by atoms with E-state index in [-0.39, 0.29) is 5.91 Å². The summed E-state index contributed by atoms with van der Waals surface area (Å²) in [7, 11) is 1.52. The third kappa shape index (κ3) is 5.81. The highest BCUT2D eigenvalue weighted by atomic mass is 35.5. The third-order valence-corrected chi connectivity index (χ3v) is 3.50. The van der Waals surface area contributed by atoms with Gasteiger partial charge in [0.15, 0.2) is 11.5 Å². The zero-order valence-corrected chi connectivity index (χ0v) is 14.9. The smallest absolute Gasteiger partial charge is 0.267 e. The van der Waals surface area contributed by atoms with Gasteiger partial charge in [-0.1, -0.05) is 41.9 Å². The maximum absolute atomic E-state index is 11.8. The van der Waals surface area contributed by atoms with Gasteiger partial charge in [0.25, 0.3) is 5.91 Å². The molecular formula is C19H20ClNO4. The molecule has 0 bridgehead atoms. The number of nitrogens with one attached hydrogen (secondary N) is 1. The van der Waals surface area contributed by atoms with E-state index in [1.807, 2.05) is 37.3 Å². The van der Waals surface area contributed by atoms with Crippen molar-refractivity contribution in [1.82, 2.24) is 5.48 Å². The Kier molecular flexibility index (Phi) is 7.32. The molecule has 1 N–H and O–H groups in total. The van der Waals surface area contributed by atoms with Gasteiger partial charge >= 0.3 is 0 Å². The number of hydrogen-bond acceptors (Lipinski definition) is 4. The molecule has 0 aliphatic heterocycles. The van der Waals surface area contributed by atoms with Crippen LogP contribution in [0.25, 0.3) is 6.08 Å². The van der Waals surface area contributed by atoms with E-state index in [0.717, 1.165) is 5.56 Å². The molecule has 2 rings (SSSR count). The summed E-state index contributed by atoms with van der Waals surface area (Å²) in [5.74, 6) is 0.620. The molecule has 2 aromatic carbocycles. The summed E-state index contributed by atoms with van der Waals surface area (Å²) >= 11 is 6.17. The summed E-state index contributed by atoms with van der Waals surface area (Å²) < 4.78 is 10.7. The van der Waals surface area contributed by atoms with Crippen LogP contribution in [0.3, 0.4) is 0 Å². The SMILES string of the molecule is CCOc1cc(C=CC(=O)NOCc2ccccc2)cc(Cl)c1OC. The second kappa shape index (κ2) is 9.71. The Bertz CT molecular complexity index is 732. The van der Waals surface area contributed by atoms with Crippen molar-refractivity contribution >= 4 is 23.6 Å². The van der Waals surface area contributed by atoms with Gasteiger partial charge in [-0.2, -0.15) is 0 Å². The average Bonchev–Trinajstić information content (AvgIpc) is 2.61. The summed E-state index contributed by atoms with van der Waals surface area (Å²) in [4.78, 5) is 17.0. The Morgan fingerprint density at radius 1 is 1.24 bits per heavy atom. The molecule has 0 aliphatic carbocycles. The van der Waals surface area contributed by atoms with Crippen molar-refractivity contribution in [3.05, 3.63) is 64.7 Å². The van der Waals surface area contributed by atoms with Crippen LogP contribution in [-0.2, 0) is 16.2 Å². The van der Waals surface area contributed by atoms with Gasteiger partial charge in [-0.3, -0.25) is 9.63 Å². The van der Waals surface area contributed by atoms with Crippen LogP contribution in [0.5, 0.6) is 11.5 Å². The minimum atomic E-state index is -0.374. The number of ether oxygens (including phenoxy) is 2. The molecule has 0 atom stereocenters. The lowest BCUT2D eigenvalue weighted by atomic mass is 10.2. The lowest BCUT2D eigenvalue weighted by Gasteiger charge is -2.11. The highest BCUT2D eigenvalue weighted by Crippen LogP contribution is 2.36. The number of carbonyl (C=O) groups excluding carboxylic acids is 1. The van der Waals surface area contributed by atoms with E-state index in [0.29, 0.717) is 35.3 Å². The number of methoxy groups -OCH3 is 1. The molecule has 2 aromatic rings. The number of benzene rings is 2. The summed E-state index contributed by atoms with van der Waals surface area (Å²) in [5, 5.41) is 0.411. The van der Waals surface area contributed by atoms with Gasteiger partial charge in [0.05, 0.1) is 25.3 Å². The van der Waals surface area contributed by atoms with Crippen LogP contribution in [0, 0.1) is 0 Å². The number of amides is 1. The normalized spacial score (nSPS) is 10.7. The average molecular weight is 362 g/mol. The van der Waals surface area contributed by atoms with E-state index in [9.17, 15) is 4.79 Å². The molecule has 0 unspecified atom stereocenters. The quantitative estimate of drug-likeness (QED) is 0.570. The van der Waals surface area contributed by atoms with Gasteiger partial charge in [-0.05, 0) is 36.3 Å². The molecule has 25 heavy (non-hydrogen) atoms. The molecule has 0 spiro atoms. The Balaban J connectivity index is 1.94. The summed E-state index contributed by atoms with van der Waals surface area (Å²) in [6.45, 7) is 2.64. The molecule has 0 saturated carbocycles. The van der Waals surface area contributed by atoms with E-state index >= 15 is 0 Å². The lowest BCUT2D eigenvalue weighted by molar-refractivity contribution is -0.129. The molecule has 0 heterocycles. The fourth-order valence-corrected chi connectivity index (χ4v) is 2.41. The minimum Gasteiger partial charge on any atom is -0.491 e. The van der Waals surface area contributed by atoms with Crippen LogP contribution in [0.4, 0.5) is 0 Å². The van der Waals surface area contributed by atoms with Crippen LogP contribution in [-0.4, -0.2) is 19.6 Å². The first-order valence-electron chi connectivity index (χ1n) is 7.78. The van der Waals surface area contributed by atoms with E-state index in [1.165, 1.54) is 13.2 Å². The van der Waals surface area contributed by atoms with Gasteiger partial charge in [0.2, 0.25) is 0 Å². The van der Waals surface area contributed by atoms with Crippen LogP contribution >= 0.6 is 11.6 Å². The van der Waals surface area contributed by atoms with Gasteiger partial charge in [0, 0.05) is 6.08 Å². The molecule has 0 aliphatic rings. The molecule has 0 aromatic heterocycles. The fraction of sp³-hybridized carbons (Fsp3) is 0.211. The second-order valence-corrected chi connectivity index (χ2v) is 5.45. The highest BCUT2D eigenvalue weighted by molar-refractivity contribution is 6.32. The van der Waals surface area contributed by atoms with E-state index in [4.69, 9.17) is 25.9 Å². The van der Waals surface area contributed by atoms with Crippen molar-refractivity contribution in [1.29, 1.82) is 0 Å². The summed E-state index contributed by atoms with van der Waals surface area (Å²) in [5.41, 5.74) is 4.05. The molecule has 1 amide bonds. The molecular weight excluding hydrogens is 342 g/mol. The number of halogens is 1. The van der Waals surface area contributed by atoms with Gasteiger partial charge < -0.3 is 9.47 Å². The predicted octanol–water partition coefficient (Wildman–Crippen LogP) is 4.01. The summed E-state index contributed by atoms with van der Waals surface area (Å²) in [6, 6.07) is 13.0. The number of rotatable bonds is 8. The predicted molar refractivity (Wildman–Crippen MR) is 97.6 cm³/mol. The Morgan fingerprint density at radius 3 is 2.68 bits per heavy atom. The van der Waals surface area contributed by atoms with Crippen LogP contribution in [0.1, 0.15) is 18.1 Å². The second-order valence-electron chi connectivity index (χ2n) is 5.04. The topological polar surface area (TPSA) is 56.8 Å². The van der Waals surface area contributed by atoms with Gasteiger partial charge in [0.1, 0.15) is 0 Å². The molecule has 0 fully saturated rings. The first-order chi connectivity index (χ1) is 12.1. The third-order valence-electron chi connectivity index (χ3n) is 3.22. The maximum atomic E-state index is 11.8. The fourth-order valence-electron chi connectivity index (χ4n) is 2.12. The zero-order valence-electron chi connectivity index (χ0n) is 14.1. The van der Waals surface area contributed by atoms with Crippen molar-refractivity contribution in [2.75, 3.05) is 13.7 Å². The van der Waals surface area contributed by atoms with Crippen LogP contribution in [0.2, 0.25) is 5.02 Å². The monoisotopic (exact) mass is 361 g/mol. The molecule has 132 valence electrons. The van der Waals surface area contributed by atoms with Crippen LogP contribution in [0.15, 0.2) is 48.5 Å². The van der Waals surface area contributed by atoms with Crippen molar-refractivity contribution in [2.45, 2.75) is 13.5 Å². The Labute approximate surface area is 152 Å². The highest BCUT2D eigenvalue weighted by Gasteiger charge is 2.10. The number of carbonyl (C=O) groups is 1. The Hall–Kier alpha value is -2.50. The van der Waals surface area contributed by atoms with Gasteiger partial charge in [-0.15, -0.1) is 0 Å². The van der Waals surface area contributed by atoms with E-state index in [2.05, 4.69) is 5.48 Å². The van der Waals surface area contributed by atoms with Crippen molar-refractivity contribution in [3.8, 4) is 11.5 Å². The van der Waals surface area contributed by atoms with Crippen LogP contribution < -0.4 is 15.0 Å². The first-order valence-corrected chi connectivity index (χ1v) is 8.16. The maximum Gasteiger partial charge on any atom is 0.267 e. The lowest BCUT2D eigenvalue weighted by Crippen LogP contribution is -2.21. The zero-order chi connectivity index (χ0) is 18.1. The molecule has 0 saturated heterocycles. The van der Waals surface area contributed by atoms with Crippen molar-refractivity contribution in [2.24, 2.45) is 0 Å². The van der Waals surface area contributed by atoms with Crippen molar-refractivity contribution in [3.63, 3.8) is 0 Å². The first kappa shape index (κ1) is 18.8. The Morgan fingerprint density at radius 2 is 2.00 bits per heavy atom. The standard InChI is InChI=1S/C19H20ClNO4/c1-3-24-17-12-15(11-16(20)19(17)23-2)9-10-18(22)21-25-13-14-7-5-4-6-8-14/h4-12H,3,13H2,1-2H3,(H,21,22). The van der Waals surface area contributed by atoms with E-state index < -0.39 is 0 Å². The van der Waals surface area contributed by atoms with E-state index in [1.54, 1.807) is 18.2 Å². The largest absolute Gasteiger partial charge is 0.491 e. The summed E-state index contributed by atoms with van der Waals surface area (Å²) in [6.07, 6.45) is 2.98. The molecule has 0 radical (unpaired) electrons.